The zero-order valence-corrected chi connectivity index (χ0v) is 10.5. The van der Waals surface area contributed by atoms with Crippen molar-refractivity contribution in [1.82, 2.24) is 4.90 Å². The zero-order valence-electron chi connectivity index (χ0n) is 9.73. The van der Waals surface area contributed by atoms with E-state index in [9.17, 15) is 9.18 Å². The van der Waals surface area contributed by atoms with E-state index in [0.717, 1.165) is 0 Å². The Balaban J connectivity index is 2.96. The lowest BCUT2D eigenvalue weighted by Gasteiger charge is -2.23. The van der Waals surface area contributed by atoms with Gasteiger partial charge in [-0.2, -0.15) is 5.26 Å². The number of carboxylic acids is 1. The first kappa shape index (κ1) is 14.4. The summed E-state index contributed by atoms with van der Waals surface area (Å²) in [6.07, 6.45) is -0.124. The fourth-order valence-electron chi connectivity index (χ4n) is 1.56. The predicted molar refractivity (Wildman–Crippen MR) is 64.6 cm³/mol. The van der Waals surface area contributed by atoms with Crippen LogP contribution >= 0.6 is 11.6 Å². The average Bonchev–Trinajstić information content (AvgIpc) is 2.31. The van der Waals surface area contributed by atoms with Crippen LogP contribution in [-0.4, -0.2) is 29.6 Å². The molecule has 0 fully saturated rings. The molecule has 0 bridgehead atoms. The molecule has 0 spiro atoms. The molecule has 0 aliphatic rings. The smallest absolute Gasteiger partial charge is 0.304 e. The molecule has 6 heteroatoms. The van der Waals surface area contributed by atoms with Gasteiger partial charge in [0.2, 0.25) is 0 Å². The van der Waals surface area contributed by atoms with E-state index in [-0.39, 0.29) is 23.6 Å². The summed E-state index contributed by atoms with van der Waals surface area (Å²) < 4.78 is 13.7. The number of carboxylic acid groups (broad SMARTS) is 1. The second-order valence-corrected chi connectivity index (χ2v) is 4.20. The maximum Gasteiger partial charge on any atom is 0.304 e. The normalized spacial score (nSPS) is 12.2. The summed E-state index contributed by atoms with van der Waals surface area (Å²) >= 11 is 5.88. The molecular weight excluding hydrogens is 259 g/mol. The van der Waals surface area contributed by atoms with Gasteiger partial charge in [-0.25, -0.2) is 4.39 Å². The lowest BCUT2D eigenvalue weighted by atomic mass is 10.1. The molecule has 1 N–H and O–H groups in total. The van der Waals surface area contributed by atoms with Gasteiger partial charge in [-0.15, -0.1) is 0 Å². The molecule has 0 amide bonds. The minimum Gasteiger partial charge on any atom is -0.481 e. The second-order valence-electron chi connectivity index (χ2n) is 3.79. The largest absolute Gasteiger partial charge is 0.481 e. The highest BCUT2D eigenvalue weighted by Gasteiger charge is 2.23. The lowest BCUT2D eigenvalue weighted by Crippen LogP contribution is -2.27. The quantitative estimate of drug-likeness (QED) is 0.893. The topological polar surface area (TPSA) is 64.3 Å². The SMILES string of the molecule is CN(CCC(=O)O)C(C#N)c1c(F)cccc1Cl. The highest BCUT2D eigenvalue weighted by Crippen LogP contribution is 2.28. The van der Waals surface area contributed by atoms with Crippen molar-refractivity contribution >= 4 is 17.6 Å². The first-order chi connectivity index (χ1) is 8.47. The highest BCUT2D eigenvalue weighted by atomic mass is 35.5. The fraction of sp³-hybridized carbons (Fsp3) is 0.333. The molecule has 18 heavy (non-hydrogen) atoms. The van der Waals surface area contributed by atoms with Crippen LogP contribution in [0.1, 0.15) is 18.0 Å². The van der Waals surface area contributed by atoms with Crippen LogP contribution in [0.3, 0.4) is 0 Å². The van der Waals surface area contributed by atoms with E-state index in [4.69, 9.17) is 22.0 Å². The summed E-state index contributed by atoms with van der Waals surface area (Å²) in [7, 11) is 1.56. The summed E-state index contributed by atoms with van der Waals surface area (Å²) in [5, 5.41) is 17.8. The van der Waals surface area contributed by atoms with E-state index in [1.807, 2.05) is 6.07 Å². The minimum absolute atomic E-state index is 0.0783. The summed E-state index contributed by atoms with van der Waals surface area (Å²) in [4.78, 5) is 11.9. The molecular formula is C12H12ClFN2O2. The van der Waals surface area contributed by atoms with Gasteiger partial charge >= 0.3 is 5.97 Å². The van der Waals surface area contributed by atoms with Gasteiger partial charge in [-0.1, -0.05) is 17.7 Å². The molecule has 1 rings (SSSR count). The molecule has 0 saturated heterocycles. The molecule has 4 nitrogen and oxygen atoms in total. The number of hydrogen-bond acceptors (Lipinski definition) is 3. The Hall–Kier alpha value is -1.64. The van der Waals surface area contributed by atoms with E-state index in [2.05, 4.69) is 0 Å². The molecule has 0 aliphatic heterocycles. The third kappa shape index (κ3) is 3.42. The average molecular weight is 271 g/mol. The number of nitrogens with zero attached hydrogens (tertiary/aromatic N) is 2. The second kappa shape index (κ2) is 6.34. The highest BCUT2D eigenvalue weighted by molar-refractivity contribution is 6.31. The van der Waals surface area contributed by atoms with Crippen molar-refractivity contribution in [1.29, 1.82) is 5.26 Å². The van der Waals surface area contributed by atoms with Crippen LogP contribution in [0.2, 0.25) is 5.02 Å². The fourth-order valence-corrected chi connectivity index (χ4v) is 1.82. The number of rotatable bonds is 5. The van der Waals surface area contributed by atoms with E-state index in [0.29, 0.717) is 0 Å². The molecule has 0 aromatic heterocycles. The third-order valence-corrected chi connectivity index (χ3v) is 2.84. The third-order valence-electron chi connectivity index (χ3n) is 2.51. The summed E-state index contributed by atoms with van der Waals surface area (Å²) in [5.74, 6) is -1.55. The van der Waals surface area contributed by atoms with Crippen molar-refractivity contribution in [3.05, 3.63) is 34.6 Å². The Kier molecular flexibility index (Phi) is 5.08. The van der Waals surface area contributed by atoms with Crippen molar-refractivity contribution in [2.45, 2.75) is 12.5 Å². The van der Waals surface area contributed by atoms with Gasteiger partial charge in [0.25, 0.3) is 0 Å². The number of hydrogen-bond donors (Lipinski definition) is 1. The monoisotopic (exact) mass is 270 g/mol. The van der Waals surface area contributed by atoms with Crippen LogP contribution in [0.15, 0.2) is 18.2 Å². The molecule has 0 saturated carbocycles. The molecule has 1 unspecified atom stereocenters. The summed E-state index contributed by atoms with van der Waals surface area (Å²) in [6, 6.07) is 5.19. The Morgan fingerprint density at radius 2 is 2.33 bits per heavy atom. The molecule has 0 heterocycles. The predicted octanol–water partition coefficient (Wildman–Crippen LogP) is 2.45. The van der Waals surface area contributed by atoms with E-state index < -0.39 is 17.8 Å². The van der Waals surface area contributed by atoms with Crippen molar-refractivity contribution < 1.29 is 14.3 Å². The van der Waals surface area contributed by atoms with Gasteiger partial charge in [0.15, 0.2) is 0 Å². The standard InChI is InChI=1S/C12H12ClFN2O2/c1-16(6-5-11(17)18)10(7-15)12-8(13)3-2-4-9(12)14/h2-4,10H,5-6H2,1H3,(H,17,18). The number of carbonyl (C=O) groups is 1. The van der Waals surface area contributed by atoms with E-state index in [1.165, 1.54) is 23.1 Å². The molecule has 1 aromatic carbocycles. The van der Waals surface area contributed by atoms with Crippen molar-refractivity contribution in [2.24, 2.45) is 0 Å². The molecule has 1 atom stereocenters. The van der Waals surface area contributed by atoms with Crippen LogP contribution < -0.4 is 0 Å². The van der Waals surface area contributed by atoms with E-state index in [1.54, 1.807) is 7.05 Å². The molecule has 0 aliphatic carbocycles. The van der Waals surface area contributed by atoms with Crippen LogP contribution in [0.25, 0.3) is 0 Å². The number of nitriles is 1. The van der Waals surface area contributed by atoms with Gasteiger partial charge in [0.1, 0.15) is 11.9 Å². The van der Waals surface area contributed by atoms with Gasteiger partial charge in [-0.05, 0) is 19.2 Å². The minimum atomic E-state index is -0.974. The van der Waals surface area contributed by atoms with Gasteiger partial charge in [0, 0.05) is 17.1 Å². The first-order valence-electron chi connectivity index (χ1n) is 5.23. The van der Waals surface area contributed by atoms with Crippen LogP contribution in [0, 0.1) is 17.1 Å². The molecule has 96 valence electrons. The van der Waals surface area contributed by atoms with E-state index >= 15 is 0 Å². The maximum absolute atomic E-state index is 13.7. The number of benzene rings is 1. The van der Waals surface area contributed by atoms with Crippen molar-refractivity contribution in [2.75, 3.05) is 13.6 Å². The number of aliphatic carboxylic acids is 1. The number of halogens is 2. The van der Waals surface area contributed by atoms with Gasteiger partial charge < -0.3 is 5.11 Å². The summed E-state index contributed by atoms with van der Waals surface area (Å²) in [6.45, 7) is 0.137. The summed E-state index contributed by atoms with van der Waals surface area (Å²) in [5.41, 5.74) is 0.0783. The Morgan fingerprint density at radius 1 is 1.67 bits per heavy atom. The Labute approximate surface area is 109 Å². The maximum atomic E-state index is 13.7. The van der Waals surface area contributed by atoms with Crippen LogP contribution in [-0.2, 0) is 4.79 Å². The Bertz CT molecular complexity index is 467. The van der Waals surface area contributed by atoms with Crippen molar-refractivity contribution in [3.8, 4) is 6.07 Å². The zero-order chi connectivity index (χ0) is 13.7. The van der Waals surface area contributed by atoms with Crippen molar-refractivity contribution in [3.63, 3.8) is 0 Å². The van der Waals surface area contributed by atoms with Crippen LogP contribution in [0.5, 0.6) is 0 Å². The van der Waals surface area contributed by atoms with Gasteiger partial charge in [-0.3, -0.25) is 9.69 Å². The molecule has 1 aromatic rings. The first-order valence-corrected chi connectivity index (χ1v) is 5.60. The lowest BCUT2D eigenvalue weighted by molar-refractivity contribution is -0.137. The van der Waals surface area contributed by atoms with Gasteiger partial charge in [0.05, 0.1) is 12.5 Å². The molecule has 0 radical (unpaired) electrons. The Morgan fingerprint density at radius 3 is 2.83 bits per heavy atom. The van der Waals surface area contributed by atoms with Crippen LogP contribution in [0.4, 0.5) is 4.39 Å².